The fourth-order valence-electron chi connectivity index (χ4n) is 1.03. The van der Waals surface area contributed by atoms with Crippen LogP contribution in [0.1, 0.15) is 5.56 Å². The van der Waals surface area contributed by atoms with E-state index in [2.05, 4.69) is 0 Å². The normalized spacial score (nSPS) is 12.1. The summed E-state index contributed by atoms with van der Waals surface area (Å²) in [7, 11) is -1.71. The molecule has 0 amide bonds. The Balaban J connectivity index is 2.96. The van der Waals surface area contributed by atoms with Crippen molar-refractivity contribution in [2.45, 2.75) is 6.54 Å². The standard InChI is InChI=1S/C9H11Cl2NO2S/c1-12(15(2,13)14)6-7-4-3-5-8(10)9(7)11/h3-5H,6H2,1-2H3. The van der Waals surface area contributed by atoms with Gasteiger partial charge in [-0.25, -0.2) is 12.7 Å². The van der Waals surface area contributed by atoms with Crippen LogP contribution in [0, 0.1) is 0 Å². The highest BCUT2D eigenvalue weighted by atomic mass is 35.5. The first kappa shape index (κ1) is 12.8. The van der Waals surface area contributed by atoms with Gasteiger partial charge in [-0.05, 0) is 11.6 Å². The zero-order chi connectivity index (χ0) is 11.6. The van der Waals surface area contributed by atoms with Crippen molar-refractivity contribution in [2.75, 3.05) is 13.3 Å². The van der Waals surface area contributed by atoms with Crippen LogP contribution in [0.4, 0.5) is 0 Å². The number of halogens is 2. The van der Waals surface area contributed by atoms with Gasteiger partial charge in [-0.2, -0.15) is 0 Å². The molecule has 84 valence electrons. The Morgan fingerprint density at radius 1 is 1.33 bits per heavy atom. The maximum Gasteiger partial charge on any atom is 0.211 e. The molecular weight excluding hydrogens is 257 g/mol. The van der Waals surface area contributed by atoms with Gasteiger partial charge in [-0.1, -0.05) is 35.3 Å². The van der Waals surface area contributed by atoms with Crippen molar-refractivity contribution in [1.29, 1.82) is 0 Å². The molecule has 0 heterocycles. The molecule has 1 rings (SSSR count). The number of hydrogen-bond acceptors (Lipinski definition) is 2. The van der Waals surface area contributed by atoms with Crippen LogP contribution in [0.15, 0.2) is 18.2 Å². The topological polar surface area (TPSA) is 37.4 Å². The van der Waals surface area contributed by atoms with Crippen LogP contribution in [-0.4, -0.2) is 26.0 Å². The molecule has 3 nitrogen and oxygen atoms in total. The van der Waals surface area contributed by atoms with E-state index < -0.39 is 10.0 Å². The van der Waals surface area contributed by atoms with Gasteiger partial charge in [0.1, 0.15) is 0 Å². The summed E-state index contributed by atoms with van der Waals surface area (Å²) in [6.07, 6.45) is 1.14. The second-order valence-corrected chi connectivity index (χ2v) is 6.11. The molecule has 0 radical (unpaired) electrons. The SMILES string of the molecule is CN(Cc1cccc(Cl)c1Cl)S(C)(=O)=O. The first-order valence-electron chi connectivity index (χ1n) is 4.16. The van der Waals surface area contributed by atoms with E-state index in [4.69, 9.17) is 23.2 Å². The van der Waals surface area contributed by atoms with E-state index in [9.17, 15) is 8.42 Å². The summed E-state index contributed by atoms with van der Waals surface area (Å²) in [5.41, 5.74) is 0.692. The highest BCUT2D eigenvalue weighted by Gasteiger charge is 2.13. The second-order valence-electron chi connectivity index (χ2n) is 3.23. The number of hydrogen-bond donors (Lipinski definition) is 0. The Morgan fingerprint density at radius 2 is 1.93 bits per heavy atom. The molecule has 6 heteroatoms. The summed E-state index contributed by atoms with van der Waals surface area (Å²) < 4.78 is 23.6. The number of nitrogens with zero attached hydrogens (tertiary/aromatic N) is 1. The number of rotatable bonds is 3. The third-order valence-electron chi connectivity index (χ3n) is 1.99. The monoisotopic (exact) mass is 267 g/mol. The van der Waals surface area contributed by atoms with E-state index in [-0.39, 0.29) is 6.54 Å². The van der Waals surface area contributed by atoms with Crippen molar-refractivity contribution in [1.82, 2.24) is 4.31 Å². The molecule has 0 aliphatic carbocycles. The predicted molar refractivity (Wildman–Crippen MR) is 62.8 cm³/mol. The first-order chi connectivity index (χ1) is 6.82. The second kappa shape index (κ2) is 4.70. The lowest BCUT2D eigenvalue weighted by Gasteiger charge is -2.15. The van der Waals surface area contributed by atoms with Crippen LogP contribution in [-0.2, 0) is 16.6 Å². The van der Waals surface area contributed by atoms with Gasteiger partial charge in [0.2, 0.25) is 10.0 Å². The van der Waals surface area contributed by atoms with E-state index in [1.54, 1.807) is 18.2 Å². The molecular formula is C9H11Cl2NO2S. The van der Waals surface area contributed by atoms with Gasteiger partial charge in [-0.15, -0.1) is 0 Å². The zero-order valence-electron chi connectivity index (χ0n) is 8.37. The summed E-state index contributed by atoms with van der Waals surface area (Å²) in [5, 5.41) is 0.825. The number of sulfonamides is 1. The van der Waals surface area contributed by atoms with Crippen molar-refractivity contribution < 1.29 is 8.42 Å². The quantitative estimate of drug-likeness (QED) is 0.844. The average molecular weight is 268 g/mol. The summed E-state index contributed by atoms with van der Waals surface area (Å²) >= 11 is 11.7. The molecule has 0 aromatic heterocycles. The summed E-state index contributed by atoms with van der Waals surface area (Å²) in [6.45, 7) is 0.220. The fourth-order valence-corrected chi connectivity index (χ4v) is 1.78. The molecule has 1 aromatic carbocycles. The van der Waals surface area contributed by atoms with E-state index in [1.807, 2.05) is 0 Å². The lowest BCUT2D eigenvalue weighted by Crippen LogP contribution is -2.25. The van der Waals surface area contributed by atoms with Crippen LogP contribution in [0.25, 0.3) is 0 Å². The maximum absolute atomic E-state index is 11.2. The Labute approximate surface area is 99.7 Å². The van der Waals surface area contributed by atoms with Crippen molar-refractivity contribution >= 4 is 33.2 Å². The van der Waals surface area contributed by atoms with Crippen LogP contribution in [0.2, 0.25) is 10.0 Å². The van der Waals surface area contributed by atoms with Crippen LogP contribution < -0.4 is 0 Å². The van der Waals surface area contributed by atoms with Gasteiger partial charge in [0.05, 0.1) is 16.3 Å². The molecule has 0 aliphatic rings. The molecule has 1 aromatic rings. The Kier molecular flexibility index (Phi) is 4.00. The minimum Gasteiger partial charge on any atom is -0.213 e. The zero-order valence-corrected chi connectivity index (χ0v) is 10.7. The molecule has 0 saturated heterocycles. The average Bonchev–Trinajstić information content (AvgIpc) is 2.11. The predicted octanol–water partition coefficient (Wildman–Crippen LogP) is 2.38. The van der Waals surface area contributed by atoms with E-state index in [0.29, 0.717) is 15.6 Å². The third kappa shape index (κ3) is 3.34. The van der Waals surface area contributed by atoms with Crippen molar-refractivity contribution in [2.24, 2.45) is 0 Å². The highest BCUT2D eigenvalue weighted by Crippen LogP contribution is 2.26. The largest absolute Gasteiger partial charge is 0.213 e. The summed E-state index contributed by atoms with van der Waals surface area (Å²) in [5.74, 6) is 0. The highest BCUT2D eigenvalue weighted by molar-refractivity contribution is 7.88. The minimum absolute atomic E-state index is 0.220. The Bertz CT molecular complexity index is 459. The van der Waals surface area contributed by atoms with Crippen molar-refractivity contribution in [3.8, 4) is 0 Å². The smallest absolute Gasteiger partial charge is 0.211 e. The molecule has 0 N–H and O–H groups in total. The molecule has 0 aliphatic heterocycles. The van der Waals surface area contributed by atoms with E-state index in [0.717, 1.165) is 6.26 Å². The van der Waals surface area contributed by atoms with Gasteiger partial charge in [0.15, 0.2) is 0 Å². The lowest BCUT2D eigenvalue weighted by molar-refractivity contribution is 0.472. The molecule has 0 fully saturated rings. The molecule has 0 bridgehead atoms. The number of benzene rings is 1. The molecule has 15 heavy (non-hydrogen) atoms. The van der Waals surface area contributed by atoms with Crippen LogP contribution >= 0.6 is 23.2 Å². The van der Waals surface area contributed by atoms with E-state index >= 15 is 0 Å². The van der Waals surface area contributed by atoms with Gasteiger partial charge >= 0.3 is 0 Å². The van der Waals surface area contributed by atoms with Crippen molar-refractivity contribution in [3.05, 3.63) is 33.8 Å². The molecule has 0 saturated carbocycles. The van der Waals surface area contributed by atoms with Crippen molar-refractivity contribution in [3.63, 3.8) is 0 Å². The summed E-state index contributed by atoms with van der Waals surface area (Å²) in [4.78, 5) is 0. The summed E-state index contributed by atoms with van der Waals surface area (Å²) in [6, 6.07) is 5.14. The minimum atomic E-state index is -3.20. The Hall–Kier alpha value is -0.290. The lowest BCUT2D eigenvalue weighted by atomic mass is 10.2. The third-order valence-corrected chi connectivity index (χ3v) is 4.11. The molecule has 0 unspecified atom stereocenters. The van der Waals surface area contributed by atoms with Crippen LogP contribution in [0.3, 0.4) is 0 Å². The first-order valence-corrected chi connectivity index (χ1v) is 6.77. The van der Waals surface area contributed by atoms with Gasteiger partial charge in [0.25, 0.3) is 0 Å². The molecule has 0 atom stereocenters. The van der Waals surface area contributed by atoms with Gasteiger partial charge < -0.3 is 0 Å². The van der Waals surface area contributed by atoms with E-state index in [1.165, 1.54) is 11.4 Å². The van der Waals surface area contributed by atoms with Crippen LogP contribution in [0.5, 0.6) is 0 Å². The molecule has 0 spiro atoms. The van der Waals surface area contributed by atoms with Gasteiger partial charge in [-0.3, -0.25) is 0 Å². The Morgan fingerprint density at radius 3 is 2.47 bits per heavy atom. The fraction of sp³-hybridized carbons (Fsp3) is 0.333. The van der Waals surface area contributed by atoms with Gasteiger partial charge in [0, 0.05) is 13.6 Å². The maximum atomic E-state index is 11.2.